The number of alkyl carbamates (subject to hydrolysis) is 1. The number of carbonyl (C=O) groups excluding carboxylic acids is 2. The van der Waals surface area contributed by atoms with Gasteiger partial charge in [0.2, 0.25) is 0 Å². The highest BCUT2D eigenvalue weighted by atomic mass is 16.7. The van der Waals surface area contributed by atoms with Crippen molar-refractivity contribution in [3.05, 3.63) is 35.9 Å². The van der Waals surface area contributed by atoms with Gasteiger partial charge in [-0.15, -0.1) is 0 Å². The number of hydrogen-bond donors (Lipinski definition) is 1. The van der Waals surface area contributed by atoms with Crippen LogP contribution in [0.15, 0.2) is 30.3 Å². The summed E-state index contributed by atoms with van der Waals surface area (Å²) in [5.74, 6) is -0.421. The lowest BCUT2D eigenvalue weighted by Crippen LogP contribution is -2.41. The third kappa shape index (κ3) is 4.59. The molecule has 0 aliphatic heterocycles. The zero-order valence-electron chi connectivity index (χ0n) is 11.3. The van der Waals surface area contributed by atoms with E-state index in [2.05, 4.69) is 5.32 Å². The monoisotopic (exact) mass is 266 g/mol. The fourth-order valence-corrected chi connectivity index (χ4v) is 1.49. The van der Waals surface area contributed by atoms with Gasteiger partial charge in [0.25, 0.3) is 5.91 Å². The summed E-state index contributed by atoms with van der Waals surface area (Å²) in [6.45, 7) is 0. The average Bonchev–Trinajstić information content (AvgIpc) is 2.45. The molecular weight excluding hydrogens is 248 g/mol. The van der Waals surface area contributed by atoms with Crippen molar-refractivity contribution in [2.75, 3.05) is 21.2 Å². The number of rotatable bonds is 5. The molecule has 0 heterocycles. The first-order chi connectivity index (χ1) is 9.08. The number of carbonyl (C=O) groups is 2. The Morgan fingerprint density at radius 3 is 2.47 bits per heavy atom. The zero-order valence-corrected chi connectivity index (χ0v) is 11.3. The quantitative estimate of drug-likeness (QED) is 0.806. The van der Waals surface area contributed by atoms with Gasteiger partial charge in [-0.1, -0.05) is 30.3 Å². The Labute approximate surface area is 112 Å². The average molecular weight is 266 g/mol. The summed E-state index contributed by atoms with van der Waals surface area (Å²) in [7, 11) is 4.28. The third-order valence-corrected chi connectivity index (χ3v) is 2.58. The van der Waals surface area contributed by atoms with E-state index in [9.17, 15) is 9.59 Å². The molecule has 1 aromatic carbocycles. The predicted octanol–water partition coefficient (Wildman–Crippen LogP) is 0.973. The summed E-state index contributed by atoms with van der Waals surface area (Å²) in [5.41, 5.74) is 0.897. The highest BCUT2D eigenvalue weighted by molar-refractivity contribution is 5.82. The Bertz CT molecular complexity index is 422. The molecule has 0 saturated heterocycles. The lowest BCUT2D eigenvalue weighted by Gasteiger charge is -2.21. The smallest absolute Gasteiger partial charge is 0.407 e. The van der Waals surface area contributed by atoms with Gasteiger partial charge in [0, 0.05) is 20.5 Å². The maximum absolute atomic E-state index is 12.0. The van der Waals surface area contributed by atoms with Crippen LogP contribution in [0.2, 0.25) is 0 Å². The molecule has 6 nitrogen and oxygen atoms in total. The number of likely N-dealkylation sites (N-methyl/N-ethyl adjacent to an activating group) is 1. The molecule has 1 atom stereocenters. The van der Waals surface area contributed by atoms with Gasteiger partial charge >= 0.3 is 6.09 Å². The van der Waals surface area contributed by atoms with Crippen LogP contribution in [0.5, 0.6) is 0 Å². The first-order valence-electron chi connectivity index (χ1n) is 5.82. The second-order valence-electron chi connectivity index (χ2n) is 3.85. The van der Waals surface area contributed by atoms with Crippen molar-refractivity contribution < 1.29 is 19.2 Å². The SMILES string of the molecule is CNC(=O)OC(Cc1ccccc1)C(=O)N(C)OC. The van der Waals surface area contributed by atoms with Crippen molar-refractivity contribution >= 4 is 12.0 Å². The van der Waals surface area contributed by atoms with E-state index in [4.69, 9.17) is 9.57 Å². The molecule has 1 unspecified atom stereocenters. The molecule has 104 valence electrons. The minimum atomic E-state index is -0.924. The van der Waals surface area contributed by atoms with Gasteiger partial charge in [-0.3, -0.25) is 9.63 Å². The lowest BCUT2D eigenvalue weighted by molar-refractivity contribution is -0.177. The van der Waals surface area contributed by atoms with E-state index < -0.39 is 18.1 Å². The Hall–Kier alpha value is -2.08. The van der Waals surface area contributed by atoms with Crippen LogP contribution in [-0.4, -0.2) is 44.4 Å². The van der Waals surface area contributed by atoms with E-state index in [-0.39, 0.29) is 0 Å². The Morgan fingerprint density at radius 1 is 1.32 bits per heavy atom. The molecule has 0 bridgehead atoms. The van der Waals surface area contributed by atoms with Crippen LogP contribution in [0.4, 0.5) is 4.79 Å². The van der Waals surface area contributed by atoms with E-state index in [0.717, 1.165) is 10.6 Å². The van der Waals surface area contributed by atoms with E-state index in [1.54, 1.807) is 0 Å². The highest BCUT2D eigenvalue weighted by Gasteiger charge is 2.26. The number of hydroxylamine groups is 2. The molecule has 0 fully saturated rings. The van der Waals surface area contributed by atoms with Gasteiger partial charge in [0.15, 0.2) is 6.10 Å². The summed E-state index contributed by atoms with van der Waals surface area (Å²) in [4.78, 5) is 28.1. The van der Waals surface area contributed by atoms with E-state index in [0.29, 0.717) is 6.42 Å². The summed E-state index contributed by atoms with van der Waals surface area (Å²) in [6, 6.07) is 9.31. The molecule has 0 saturated carbocycles. The second-order valence-corrected chi connectivity index (χ2v) is 3.85. The van der Waals surface area contributed by atoms with E-state index in [1.807, 2.05) is 30.3 Å². The molecule has 0 aliphatic rings. The predicted molar refractivity (Wildman–Crippen MR) is 69.3 cm³/mol. The molecule has 2 amide bonds. The fraction of sp³-hybridized carbons (Fsp3) is 0.385. The largest absolute Gasteiger partial charge is 0.436 e. The van der Waals surface area contributed by atoms with Crippen LogP contribution in [-0.2, 0) is 20.8 Å². The summed E-state index contributed by atoms with van der Waals surface area (Å²) in [5, 5.41) is 3.36. The van der Waals surface area contributed by atoms with Crippen LogP contribution < -0.4 is 5.32 Å². The Morgan fingerprint density at radius 2 is 1.95 bits per heavy atom. The van der Waals surface area contributed by atoms with Crippen molar-refractivity contribution in [1.29, 1.82) is 0 Å². The van der Waals surface area contributed by atoms with Crippen LogP contribution in [0.25, 0.3) is 0 Å². The Balaban J connectivity index is 2.80. The summed E-state index contributed by atoms with van der Waals surface area (Å²) in [6.07, 6.45) is -1.29. The van der Waals surface area contributed by atoms with Gasteiger partial charge in [-0.2, -0.15) is 0 Å². The lowest BCUT2D eigenvalue weighted by atomic mass is 10.1. The van der Waals surface area contributed by atoms with Crippen molar-refractivity contribution in [3.63, 3.8) is 0 Å². The topological polar surface area (TPSA) is 67.9 Å². The van der Waals surface area contributed by atoms with Crippen LogP contribution in [0.3, 0.4) is 0 Å². The molecule has 1 N–H and O–H groups in total. The number of hydrogen-bond acceptors (Lipinski definition) is 4. The third-order valence-electron chi connectivity index (χ3n) is 2.58. The molecule has 0 radical (unpaired) electrons. The highest BCUT2D eigenvalue weighted by Crippen LogP contribution is 2.09. The molecule has 0 aromatic heterocycles. The van der Waals surface area contributed by atoms with Crippen LogP contribution in [0, 0.1) is 0 Å². The number of benzene rings is 1. The van der Waals surface area contributed by atoms with Crippen LogP contribution in [0.1, 0.15) is 5.56 Å². The van der Waals surface area contributed by atoms with Gasteiger partial charge in [-0.05, 0) is 5.56 Å². The van der Waals surface area contributed by atoms with Gasteiger partial charge in [0.05, 0.1) is 7.11 Å². The second kappa shape index (κ2) is 7.38. The fourth-order valence-electron chi connectivity index (χ4n) is 1.49. The summed E-state index contributed by atoms with van der Waals surface area (Å²) < 4.78 is 5.07. The van der Waals surface area contributed by atoms with Crippen molar-refractivity contribution in [1.82, 2.24) is 10.4 Å². The minimum absolute atomic E-state index is 0.292. The molecule has 1 rings (SSSR count). The normalized spacial score (nSPS) is 11.5. The zero-order chi connectivity index (χ0) is 14.3. The summed E-state index contributed by atoms with van der Waals surface area (Å²) >= 11 is 0. The maximum Gasteiger partial charge on any atom is 0.407 e. The number of ether oxygens (including phenoxy) is 1. The van der Waals surface area contributed by atoms with E-state index >= 15 is 0 Å². The standard InChI is InChI=1S/C13H18N2O4/c1-14-13(17)19-11(12(16)15(2)18-3)9-10-7-5-4-6-8-10/h4-8,11H,9H2,1-3H3,(H,14,17). The van der Waals surface area contributed by atoms with E-state index in [1.165, 1.54) is 21.2 Å². The molecule has 0 spiro atoms. The number of nitrogens with zero attached hydrogens (tertiary/aromatic N) is 1. The molecular formula is C13H18N2O4. The van der Waals surface area contributed by atoms with Gasteiger partial charge in [0.1, 0.15) is 0 Å². The minimum Gasteiger partial charge on any atom is -0.436 e. The van der Waals surface area contributed by atoms with Crippen molar-refractivity contribution in [3.8, 4) is 0 Å². The van der Waals surface area contributed by atoms with Crippen LogP contribution >= 0.6 is 0 Å². The Kier molecular flexibility index (Phi) is 5.81. The maximum atomic E-state index is 12.0. The van der Waals surface area contributed by atoms with Gasteiger partial charge in [-0.25, -0.2) is 9.86 Å². The number of nitrogens with one attached hydrogen (secondary N) is 1. The first-order valence-corrected chi connectivity index (χ1v) is 5.82. The molecule has 0 aliphatic carbocycles. The molecule has 1 aromatic rings. The number of amides is 2. The van der Waals surface area contributed by atoms with Gasteiger partial charge < -0.3 is 10.1 Å². The molecule has 19 heavy (non-hydrogen) atoms. The van der Waals surface area contributed by atoms with Crippen molar-refractivity contribution in [2.45, 2.75) is 12.5 Å². The van der Waals surface area contributed by atoms with Crippen molar-refractivity contribution in [2.24, 2.45) is 0 Å². The molecule has 6 heteroatoms. The first kappa shape index (κ1) is 15.0.